The van der Waals surface area contributed by atoms with Gasteiger partial charge in [0.25, 0.3) is 10.0 Å². The molecule has 0 aliphatic rings. The van der Waals surface area contributed by atoms with E-state index in [0.29, 0.717) is 10.6 Å². The van der Waals surface area contributed by atoms with Crippen molar-refractivity contribution in [2.45, 2.75) is 24.5 Å². The smallest absolute Gasteiger partial charge is 0.308 e. The number of aryl methyl sites for hydroxylation is 2. The largest absolute Gasteiger partial charge is 0.481 e. The highest BCUT2D eigenvalue weighted by molar-refractivity contribution is 7.94. The van der Waals surface area contributed by atoms with Crippen LogP contribution in [0, 0.1) is 13.8 Å². The molecule has 0 unspecified atom stereocenters. The number of hydrogen-bond donors (Lipinski definition) is 2. The second-order valence-corrected chi connectivity index (χ2v) is 7.85. The number of hydrogen-bond acceptors (Lipinski definition) is 4. The number of aliphatic carboxylic acids is 1. The van der Waals surface area contributed by atoms with Gasteiger partial charge in [0.1, 0.15) is 4.21 Å². The zero-order chi connectivity index (χ0) is 15.6. The molecule has 0 atom stereocenters. The maximum atomic E-state index is 12.3. The van der Waals surface area contributed by atoms with E-state index in [4.69, 9.17) is 5.11 Å². The van der Waals surface area contributed by atoms with E-state index >= 15 is 0 Å². The van der Waals surface area contributed by atoms with E-state index in [2.05, 4.69) is 4.72 Å². The van der Waals surface area contributed by atoms with Crippen LogP contribution in [-0.2, 0) is 21.2 Å². The minimum Gasteiger partial charge on any atom is -0.481 e. The first kappa shape index (κ1) is 15.5. The number of nitrogens with one attached hydrogen (secondary N) is 1. The Labute approximate surface area is 127 Å². The first-order chi connectivity index (χ1) is 9.76. The first-order valence-electron chi connectivity index (χ1n) is 6.18. The number of rotatable bonds is 5. The lowest BCUT2D eigenvalue weighted by Crippen LogP contribution is -2.11. The average molecular weight is 325 g/mol. The molecule has 5 nitrogen and oxygen atoms in total. The van der Waals surface area contributed by atoms with Crippen molar-refractivity contribution in [1.82, 2.24) is 0 Å². The van der Waals surface area contributed by atoms with Gasteiger partial charge in [-0.15, -0.1) is 11.3 Å². The Morgan fingerprint density at radius 3 is 2.38 bits per heavy atom. The molecule has 0 saturated carbocycles. The molecule has 0 bridgehead atoms. The molecule has 112 valence electrons. The van der Waals surface area contributed by atoms with Crippen LogP contribution in [0.2, 0.25) is 0 Å². The van der Waals surface area contributed by atoms with Gasteiger partial charge in [-0.1, -0.05) is 6.07 Å². The monoisotopic (exact) mass is 325 g/mol. The van der Waals surface area contributed by atoms with Gasteiger partial charge in [-0.25, -0.2) is 8.42 Å². The van der Waals surface area contributed by atoms with Crippen LogP contribution in [0.5, 0.6) is 0 Å². The average Bonchev–Trinajstić information content (AvgIpc) is 2.74. The second-order valence-electron chi connectivity index (χ2n) is 4.77. The molecule has 1 aromatic heterocycles. The molecule has 2 aromatic rings. The van der Waals surface area contributed by atoms with Gasteiger partial charge in [0.15, 0.2) is 0 Å². The van der Waals surface area contributed by atoms with Crippen LogP contribution in [0.1, 0.15) is 16.0 Å². The zero-order valence-corrected chi connectivity index (χ0v) is 13.2. The number of carbonyl (C=O) groups is 1. The molecule has 21 heavy (non-hydrogen) atoms. The summed E-state index contributed by atoms with van der Waals surface area (Å²) in [5.74, 6) is -0.983. The van der Waals surface area contributed by atoms with Crippen molar-refractivity contribution in [3.05, 3.63) is 46.3 Å². The summed E-state index contributed by atoms with van der Waals surface area (Å²) >= 11 is 0.964. The van der Waals surface area contributed by atoms with Crippen molar-refractivity contribution >= 4 is 33.0 Å². The molecule has 0 fully saturated rings. The third-order valence-electron chi connectivity index (χ3n) is 2.70. The fraction of sp³-hybridized carbons (Fsp3) is 0.214. The van der Waals surface area contributed by atoms with Crippen molar-refractivity contribution in [3.63, 3.8) is 0 Å². The van der Waals surface area contributed by atoms with Crippen LogP contribution in [0.4, 0.5) is 5.69 Å². The molecule has 7 heteroatoms. The Morgan fingerprint density at radius 2 is 1.81 bits per heavy atom. The number of anilines is 1. The highest BCUT2D eigenvalue weighted by atomic mass is 32.2. The molecule has 0 radical (unpaired) electrons. The van der Waals surface area contributed by atoms with Crippen LogP contribution >= 0.6 is 11.3 Å². The summed E-state index contributed by atoms with van der Waals surface area (Å²) in [4.78, 5) is 11.1. The summed E-state index contributed by atoms with van der Waals surface area (Å²) in [6.07, 6.45) is -0.177. The summed E-state index contributed by atoms with van der Waals surface area (Å²) in [5, 5.41) is 8.72. The molecule has 2 rings (SSSR count). The zero-order valence-electron chi connectivity index (χ0n) is 11.6. The first-order valence-corrected chi connectivity index (χ1v) is 8.48. The summed E-state index contributed by atoms with van der Waals surface area (Å²) in [6, 6.07) is 8.39. The number of carboxylic acids is 1. The molecule has 0 spiro atoms. The Kier molecular flexibility index (Phi) is 4.34. The standard InChI is InChI=1S/C14H15NO4S2/c1-9-5-10(2)7-11(6-9)15-21(18,19)14-4-3-12(20-14)8-13(16)17/h3-7,15H,8H2,1-2H3,(H,16,17). The van der Waals surface area contributed by atoms with Gasteiger partial charge in [-0.3, -0.25) is 9.52 Å². The third kappa shape index (κ3) is 4.05. The van der Waals surface area contributed by atoms with Crippen LogP contribution in [0.3, 0.4) is 0 Å². The maximum absolute atomic E-state index is 12.3. The van der Waals surface area contributed by atoms with Gasteiger partial charge in [-0.2, -0.15) is 0 Å². The van der Waals surface area contributed by atoms with E-state index < -0.39 is 16.0 Å². The lowest BCUT2D eigenvalue weighted by Gasteiger charge is -2.08. The van der Waals surface area contributed by atoms with Crippen molar-refractivity contribution in [3.8, 4) is 0 Å². The van der Waals surface area contributed by atoms with E-state index in [1.54, 1.807) is 12.1 Å². The predicted octanol–water partition coefficient (Wildman–Crippen LogP) is 2.79. The van der Waals surface area contributed by atoms with Gasteiger partial charge in [0, 0.05) is 10.6 Å². The van der Waals surface area contributed by atoms with Crippen molar-refractivity contribution < 1.29 is 18.3 Å². The quantitative estimate of drug-likeness (QED) is 0.885. The lowest BCUT2D eigenvalue weighted by atomic mass is 10.1. The lowest BCUT2D eigenvalue weighted by molar-refractivity contribution is -0.136. The molecule has 2 N–H and O–H groups in total. The second kappa shape index (κ2) is 5.87. The highest BCUT2D eigenvalue weighted by Crippen LogP contribution is 2.25. The van der Waals surface area contributed by atoms with Crippen molar-refractivity contribution in [2.75, 3.05) is 4.72 Å². The summed E-state index contributed by atoms with van der Waals surface area (Å²) < 4.78 is 27.2. The van der Waals surface area contributed by atoms with Crippen LogP contribution in [-0.4, -0.2) is 19.5 Å². The van der Waals surface area contributed by atoms with E-state index in [0.717, 1.165) is 22.5 Å². The van der Waals surface area contributed by atoms with Gasteiger partial charge < -0.3 is 5.11 Å². The number of thiophene rings is 1. The topological polar surface area (TPSA) is 83.5 Å². The summed E-state index contributed by atoms with van der Waals surface area (Å²) in [5.41, 5.74) is 2.43. The van der Waals surface area contributed by atoms with Gasteiger partial charge in [0.2, 0.25) is 0 Å². The molecular weight excluding hydrogens is 310 g/mol. The van der Waals surface area contributed by atoms with E-state index in [-0.39, 0.29) is 10.6 Å². The van der Waals surface area contributed by atoms with Gasteiger partial charge in [0.05, 0.1) is 6.42 Å². The normalized spacial score (nSPS) is 11.3. The van der Waals surface area contributed by atoms with Crippen LogP contribution in [0.25, 0.3) is 0 Å². The summed E-state index contributed by atoms with van der Waals surface area (Å²) in [7, 11) is -3.69. The predicted molar refractivity (Wildman–Crippen MR) is 82.4 cm³/mol. The SMILES string of the molecule is Cc1cc(C)cc(NS(=O)(=O)c2ccc(CC(=O)O)s2)c1. The maximum Gasteiger partial charge on any atom is 0.308 e. The minimum absolute atomic E-state index is 0.109. The Balaban J connectivity index is 2.25. The molecular formula is C14H15NO4S2. The molecule has 0 amide bonds. The third-order valence-corrected chi connectivity index (χ3v) is 5.66. The van der Waals surface area contributed by atoms with E-state index in [9.17, 15) is 13.2 Å². The molecule has 1 heterocycles. The van der Waals surface area contributed by atoms with Crippen molar-refractivity contribution in [1.29, 1.82) is 0 Å². The van der Waals surface area contributed by atoms with Crippen LogP contribution < -0.4 is 4.72 Å². The highest BCUT2D eigenvalue weighted by Gasteiger charge is 2.18. The molecule has 1 aromatic carbocycles. The van der Waals surface area contributed by atoms with E-state index in [1.165, 1.54) is 12.1 Å². The fourth-order valence-electron chi connectivity index (χ4n) is 1.99. The Hall–Kier alpha value is -1.86. The number of sulfonamides is 1. The minimum atomic E-state index is -3.69. The van der Waals surface area contributed by atoms with Crippen LogP contribution in [0.15, 0.2) is 34.5 Å². The summed E-state index contributed by atoms with van der Waals surface area (Å²) in [6.45, 7) is 3.78. The fourth-order valence-corrected chi connectivity index (χ4v) is 4.37. The molecule has 0 aliphatic carbocycles. The molecule has 0 aliphatic heterocycles. The number of carboxylic acid groups (broad SMARTS) is 1. The number of benzene rings is 1. The Morgan fingerprint density at radius 1 is 1.19 bits per heavy atom. The van der Waals surface area contributed by atoms with E-state index in [1.807, 2.05) is 19.9 Å². The van der Waals surface area contributed by atoms with Crippen molar-refractivity contribution in [2.24, 2.45) is 0 Å². The Bertz CT molecular complexity index is 758. The van der Waals surface area contributed by atoms with Gasteiger partial charge in [-0.05, 0) is 49.2 Å². The molecule has 0 saturated heterocycles. The van der Waals surface area contributed by atoms with Gasteiger partial charge >= 0.3 is 5.97 Å².